The summed E-state index contributed by atoms with van der Waals surface area (Å²) in [5.74, 6) is -0.426. The number of carbonyl (C=O) groups excluding carboxylic acids is 5. The number of hydrogen-bond acceptors (Lipinski definition) is 9. The van der Waals surface area contributed by atoms with Gasteiger partial charge in [-0.2, -0.15) is 0 Å². The summed E-state index contributed by atoms with van der Waals surface area (Å²) in [6.07, 6.45) is 5.74. The Balaban J connectivity index is 1.20. The normalized spacial score (nSPS) is 25.0. The molecule has 2 aromatic rings. The zero-order chi connectivity index (χ0) is 36.8. The lowest BCUT2D eigenvalue weighted by Crippen LogP contribution is -2.57. The Kier molecular flexibility index (Phi) is 11.8. The molecular weight excluding hydrogens is 668 g/mol. The van der Waals surface area contributed by atoms with Crippen LogP contribution in [0.2, 0.25) is 0 Å². The van der Waals surface area contributed by atoms with Crippen molar-refractivity contribution in [3.05, 3.63) is 53.0 Å². The summed E-state index contributed by atoms with van der Waals surface area (Å²) in [6.45, 7) is 7.01. The molecule has 1 aromatic heterocycles. The fourth-order valence-electron chi connectivity index (χ4n) is 8.03. The van der Waals surface area contributed by atoms with E-state index in [0.717, 1.165) is 36.5 Å². The van der Waals surface area contributed by atoms with Crippen LogP contribution in [0.4, 0.5) is 0 Å². The molecule has 0 unspecified atom stereocenters. The number of ether oxygens (including phenoxy) is 1. The van der Waals surface area contributed by atoms with Gasteiger partial charge in [0, 0.05) is 44.7 Å². The van der Waals surface area contributed by atoms with E-state index in [2.05, 4.69) is 20.9 Å². The summed E-state index contributed by atoms with van der Waals surface area (Å²) < 4.78 is 11.9. The topological polar surface area (TPSA) is 174 Å². The fourth-order valence-corrected chi connectivity index (χ4v) is 8.03. The molecule has 0 saturated carbocycles. The Morgan fingerprint density at radius 3 is 2.48 bits per heavy atom. The average molecular weight is 721 g/mol. The Bertz CT molecular complexity index is 1630. The third-order valence-electron chi connectivity index (χ3n) is 11.0. The van der Waals surface area contributed by atoms with Gasteiger partial charge in [0.15, 0.2) is 12.4 Å². The van der Waals surface area contributed by atoms with Crippen molar-refractivity contribution < 1.29 is 38.2 Å². The van der Waals surface area contributed by atoms with Crippen LogP contribution in [0.25, 0.3) is 0 Å². The SMILES string of the molecule is CCc1oc(C(=O)N2CCC3(CC2)CNC(=O)[C@H](CO)NC(=O)[C@@H]2CCCN2C(=O)[C@H](C)NC(=O)COc2cccc(c2)C3)cc1CN1CCCC1. The summed E-state index contributed by atoms with van der Waals surface area (Å²) in [5, 5.41) is 18.5. The van der Waals surface area contributed by atoms with Crippen LogP contribution >= 0.6 is 0 Å². The van der Waals surface area contributed by atoms with Gasteiger partial charge in [-0.05, 0) is 94.1 Å². The van der Waals surface area contributed by atoms with Gasteiger partial charge in [-0.1, -0.05) is 19.1 Å². The van der Waals surface area contributed by atoms with E-state index in [9.17, 15) is 29.1 Å². The second-order valence-corrected chi connectivity index (χ2v) is 14.7. The van der Waals surface area contributed by atoms with Gasteiger partial charge in [-0.25, -0.2) is 0 Å². The van der Waals surface area contributed by atoms with Crippen LogP contribution in [0.5, 0.6) is 5.75 Å². The van der Waals surface area contributed by atoms with Crippen LogP contribution in [-0.4, -0.2) is 120 Å². The Hall–Kier alpha value is -4.43. The van der Waals surface area contributed by atoms with E-state index < -0.39 is 53.8 Å². The van der Waals surface area contributed by atoms with E-state index in [1.165, 1.54) is 17.7 Å². The van der Waals surface area contributed by atoms with E-state index in [-0.39, 0.29) is 19.1 Å². The first-order valence-corrected chi connectivity index (χ1v) is 18.7. The van der Waals surface area contributed by atoms with E-state index in [1.54, 1.807) is 13.0 Å². The van der Waals surface area contributed by atoms with Gasteiger partial charge >= 0.3 is 0 Å². The first-order valence-electron chi connectivity index (χ1n) is 18.7. The number of aryl methyl sites for hydroxylation is 1. The number of hydrogen-bond donors (Lipinski definition) is 4. The molecule has 282 valence electrons. The number of nitrogens with one attached hydrogen (secondary N) is 3. The molecule has 1 spiro atoms. The fraction of sp³-hybridized carbons (Fsp3) is 0.605. The molecule has 4 N–H and O–H groups in total. The van der Waals surface area contributed by atoms with Gasteiger partial charge in [0.1, 0.15) is 29.6 Å². The number of furan rings is 1. The molecule has 6 rings (SSSR count). The van der Waals surface area contributed by atoms with E-state index >= 15 is 0 Å². The molecule has 3 fully saturated rings. The number of fused-ring (bicyclic) bond motifs is 3. The lowest BCUT2D eigenvalue weighted by molar-refractivity contribution is -0.142. The van der Waals surface area contributed by atoms with Gasteiger partial charge < -0.3 is 40.0 Å². The first-order chi connectivity index (χ1) is 25.1. The summed E-state index contributed by atoms with van der Waals surface area (Å²) in [7, 11) is 0. The van der Waals surface area contributed by atoms with Crippen molar-refractivity contribution in [2.45, 2.75) is 89.9 Å². The molecule has 0 aliphatic carbocycles. The smallest absolute Gasteiger partial charge is 0.289 e. The van der Waals surface area contributed by atoms with Gasteiger partial charge in [0.25, 0.3) is 11.8 Å². The van der Waals surface area contributed by atoms with Gasteiger partial charge in [0.2, 0.25) is 17.7 Å². The van der Waals surface area contributed by atoms with Crippen molar-refractivity contribution in [3.8, 4) is 5.75 Å². The monoisotopic (exact) mass is 720 g/mol. The standard InChI is InChI=1S/C38H52N6O8/c1-3-31-27(21-42-13-4-5-14-42)19-32(52-31)37(50)43-16-11-38(12-17-43)20-26-8-6-9-28(18-26)51-23-33(46)40-25(2)36(49)44-15-7-10-30(44)35(48)41-29(22-45)34(47)39-24-38/h6,8-9,18-19,25,29-30,45H,3-5,7,10-17,20-24H2,1-2H3,(H,39,47)(H,40,46)(H,41,48)/t25-,29-,30-/m0/s1. The largest absolute Gasteiger partial charge is 0.484 e. The number of aliphatic hydroxyl groups is 1. The van der Waals surface area contributed by atoms with Crippen molar-refractivity contribution in [2.75, 3.05) is 52.5 Å². The minimum atomic E-state index is -1.22. The highest BCUT2D eigenvalue weighted by Gasteiger charge is 2.40. The van der Waals surface area contributed by atoms with Crippen molar-refractivity contribution in [1.82, 2.24) is 30.7 Å². The van der Waals surface area contributed by atoms with Crippen LogP contribution in [0.15, 0.2) is 34.7 Å². The molecule has 4 aliphatic heterocycles. The van der Waals surface area contributed by atoms with Crippen LogP contribution in [0, 0.1) is 5.41 Å². The van der Waals surface area contributed by atoms with Crippen molar-refractivity contribution >= 4 is 29.5 Å². The summed E-state index contributed by atoms with van der Waals surface area (Å²) in [4.78, 5) is 72.3. The molecule has 5 amide bonds. The molecular formula is C38H52N6O8. The zero-order valence-electron chi connectivity index (χ0n) is 30.3. The second kappa shape index (κ2) is 16.5. The van der Waals surface area contributed by atoms with E-state index in [1.807, 2.05) is 36.1 Å². The number of likely N-dealkylation sites (tertiary alicyclic amines) is 2. The number of aliphatic hydroxyl groups excluding tert-OH is 1. The van der Waals surface area contributed by atoms with Crippen molar-refractivity contribution in [3.63, 3.8) is 0 Å². The lowest BCUT2D eigenvalue weighted by atomic mass is 9.73. The van der Waals surface area contributed by atoms with Gasteiger partial charge in [-0.3, -0.25) is 28.9 Å². The number of piperidine rings is 1. The maximum Gasteiger partial charge on any atom is 0.289 e. The highest BCUT2D eigenvalue weighted by atomic mass is 16.5. The molecule has 3 saturated heterocycles. The summed E-state index contributed by atoms with van der Waals surface area (Å²) in [6, 6.07) is 6.37. The molecule has 5 heterocycles. The number of nitrogens with zero attached hydrogens (tertiary/aromatic N) is 3. The quantitative estimate of drug-likeness (QED) is 0.356. The Labute approximate surface area is 304 Å². The molecule has 52 heavy (non-hydrogen) atoms. The number of rotatable bonds is 5. The summed E-state index contributed by atoms with van der Waals surface area (Å²) >= 11 is 0. The molecule has 0 radical (unpaired) electrons. The number of amides is 5. The predicted octanol–water partition coefficient (Wildman–Crippen LogP) is 1.38. The lowest BCUT2D eigenvalue weighted by Gasteiger charge is -2.42. The van der Waals surface area contributed by atoms with Crippen LogP contribution in [0.1, 0.15) is 79.8 Å². The number of carbonyl (C=O) groups is 5. The first kappa shape index (κ1) is 37.3. The maximum atomic E-state index is 13.8. The van der Waals surface area contributed by atoms with Crippen LogP contribution in [0.3, 0.4) is 0 Å². The predicted molar refractivity (Wildman–Crippen MR) is 190 cm³/mol. The average Bonchev–Trinajstić information content (AvgIpc) is 3.94. The van der Waals surface area contributed by atoms with Gasteiger partial charge in [-0.15, -0.1) is 0 Å². The van der Waals surface area contributed by atoms with Crippen LogP contribution < -0.4 is 20.7 Å². The minimum absolute atomic E-state index is 0.150. The Morgan fingerprint density at radius 2 is 1.75 bits per heavy atom. The molecule has 4 aliphatic rings. The minimum Gasteiger partial charge on any atom is -0.484 e. The molecule has 1 aromatic carbocycles. The maximum absolute atomic E-state index is 13.8. The highest BCUT2D eigenvalue weighted by molar-refractivity contribution is 5.95. The Morgan fingerprint density at radius 1 is 0.981 bits per heavy atom. The summed E-state index contributed by atoms with van der Waals surface area (Å²) in [5.41, 5.74) is 1.51. The van der Waals surface area contributed by atoms with Crippen molar-refractivity contribution in [2.24, 2.45) is 5.41 Å². The zero-order valence-corrected chi connectivity index (χ0v) is 30.3. The van der Waals surface area contributed by atoms with E-state index in [0.29, 0.717) is 69.7 Å². The van der Waals surface area contributed by atoms with Gasteiger partial charge in [0.05, 0.1) is 6.61 Å². The van der Waals surface area contributed by atoms with Crippen molar-refractivity contribution in [1.29, 1.82) is 0 Å². The van der Waals surface area contributed by atoms with Crippen LogP contribution in [-0.2, 0) is 38.6 Å². The molecule has 2 bridgehead atoms. The number of benzene rings is 1. The highest BCUT2D eigenvalue weighted by Crippen LogP contribution is 2.36. The van der Waals surface area contributed by atoms with E-state index in [4.69, 9.17) is 9.15 Å². The molecule has 14 heteroatoms. The second-order valence-electron chi connectivity index (χ2n) is 14.7. The molecule has 3 atom stereocenters. The third-order valence-corrected chi connectivity index (χ3v) is 11.0. The molecule has 14 nitrogen and oxygen atoms in total. The third kappa shape index (κ3) is 8.60.